The second-order valence-electron chi connectivity index (χ2n) is 11.5. The van der Waals surface area contributed by atoms with Crippen LogP contribution in [0.1, 0.15) is 81.3 Å². The molecule has 1 amide bonds. The molecule has 1 aliphatic heterocycles. The molecule has 1 fully saturated rings. The standard InChI is InChI=1S/C34H39NO5/c1-8-40-28-18-13-24(19-27(28)21(2)3)31(36)29-30(23-11-14-25(15-12-23)34(4,5)6)35(33(38)32(29)37)20-22-9-16-26(39-7)17-10-22/h9-19,21,30,36H,8,20H2,1-7H3/b31-29-. The van der Waals surface area contributed by atoms with Crippen LogP contribution in [-0.2, 0) is 21.5 Å². The number of amides is 1. The maximum atomic E-state index is 13.6. The molecule has 6 nitrogen and oxygen atoms in total. The molecule has 3 aromatic rings. The van der Waals surface area contributed by atoms with Gasteiger partial charge in [-0.05, 0) is 70.8 Å². The van der Waals surface area contributed by atoms with Gasteiger partial charge in [0.15, 0.2) is 0 Å². The predicted octanol–water partition coefficient (Wildman–Crippen LogP) is 7.14. The number of hydrogen-bond acceptors (Lipinski definition) is 5. The van der Waals surface area contributed by atoms with Crippen molar-refractivity contribution in [1.29, 1.82) is 0 Å². The highest BCUT2D eigenvalue weighted by Crippen LogP contribution is 2.42. The third-order valence-electron chi connectivity index (χ3n) is 7.35. The molecule has 210 valence electrons. The van der Waals surface area contributed by atoms with Crippen LogP contribution in [0.4, 0.5) is 0 Å². The van der Waals surface area contributed by atoms with Gasteiger partial charge < -0.3 is 19.5 Å². The Labute approximate surface area is 237 Å². The lowest BCUT2D eigenvalue weighted by molar-refractivity contribution is -0.140. The number of carbonyl (C=O) groups excluding carboxylic acids is 2. The highest BCUT2D eigenvalue weighted by Gasteiger charge is 2.46. The SMILES string of the molecule is CCOc1ccc(/C(O)=C2/C(=O)C(=O)N(Cc3ccc(OC)cc3)C2c2ccc(C(C)(C)C)cc2)cc1C(C)C. The number of benzene rings is 3. The zero-order valence-electron chi connectivity index (χ0n) is 24.4. The minimum atomic E-state index is -0.745. The lowest BCUT2D eigenvalue weighted by Gasteiger charge is -2.27. The average Bonchev–Trinajstić information content (AvgIpc) is 3.18. The monoisotopic (exact) mass is 541 g/mol. The molecule has 1 aliphatic rings. The normalized spacial score (nSPS) is 17.0. The van der Waals surface area contributed by atoms with E-state index >= 15 is 0 Å². The van der Waals surface area contributed by atoms with Gasteiger partial charge in [0.2, 0.25) is 0 Å². The third-order valence-corrected chi connectivity index (χ3v) is 7.35. The van der Waals surface area contributed by atoms with Gasteiger partial charge in [0.25, 0.3) is 11.7 Å². The second kappa shape index (κ2) is 11.6. The molecular formula is C34H39NO5. The minimum Gasteiger partial charge on any atom is -0.507 e. The molecule has 4 rings (SSSR count). The number of aliphatic hydroxyl groups is 1. The number of Topliss-reactive ketones (excluding diaryl/α,β-unsaturated/α-hetero) is 1. The summed E-state index contributed by atoms with van der Waals surface area (Å²) in [6.45, 7) is 13.2. The maximum absolute atomic E-state index is 13.6. The molecule has 0 bridgehead atoms. The summed E-state index contributed by atoms with van der Waals surface area (Å²) in [6.07, 6.45) is 0. The molecule has 0 aliphatic carbocycles. The van der Waals surface area contributed by atoms with Crippen molar-refractivity contribution in [3.05, 3.63) is 100 Å². The molecule has 1 saturated heterocycles. The Bertz CT molecular complexity index is 1410. The van der Waals surface area contributed by atoms with Gasteiger partial charge in [0, 0.05) is 12.1 Å². The lowest BCUT2D eigenvalue weighted by Crippen LogP contribution is -2.29. The number of carbonyl (C=O) groups is 2. The Morgan fingerprint density at radius 1 is 0.975 bits per heavy atom. The van der Waals surface area contributed by atoms with E-state index in [9.17, 15) is 14.7 Å². The topological polar surface area (TPSA) is 76.1 Å². The summed E-state index contributed by atoms with van der Waals surface area (Å²) in [4.78, 5) is 28.6. The molecular weight excluding hydrogens is 502 g/mol. The van der Waals surface area contributed by atoms with Crippen molar-refractivity contribution in [2.75, 3.05) is 13.7 Å². The predicted molar refractivity (Wildman–Crippen MR) is 158 cm³/mol. The Kier molecular flexibility index (Phi) is 8.38. The fraction of sp³-hybridized carbons (Fsp3) is 0.353. The number of ketones is 1. The van der Waals surface area contributed by atoms with Crippen molar-refractivity contribution in [3.8, 4) is 11.5 Å². The molecule has 3 aromatic carbocycles. The largest absolute Gasteiger partial charge is 0.507 e. The summed E-state index contributed by atoms with van der Waals surface area (Å²) in [6, 6.07) is 20.0. The van der Waals surface area contributed by atoms with Crippen molar-refractivity contribution in [3.63, 3.8) is 0 Å². The van der Waals surface area contributed by atoms with Crippen LogP contribution >= 0.6 is 0 Å². The van der Waals surface area contributed by atoms with E-state index in [0.717, 1.165) is 28.0 Å². The number of hydrogen-bond donors (Lipinski definition) is 1. The van der Waals surface area contributed by atoms with Crippen LogP contribution in [0.15, 0.2) is 72.3 Å². The summed E-state index contributed by atoms with van der Waals surface area (Å²) in [5.74, 6) is 0.0473. The maximum Gasteiger partial charge on any atom is 0.295 e. The molecule has 0 aromatic heterocycles. The first kappa shape index (κ1) is 28.9. The highest BCUT2D eigenvalue weighted by molar-refractivity contribution is 6.46. The minimum absolute atomic E-state index is 0.0566. The first-order valence-corrected chi connectivity index (χ1v) is 13.7. The van der Waals surface area contributed by atoms with Gasteiger partial charge in [-0.3, -0.25) is 9.59 Å². The molecule has 1 heterocycles. The van der Waals surface area contributed by atoms with Crippen LogP contribution in [0.25, 0.3) is 5.76 Å². The van der Waals surface area contributed by atoms with Gasteiger partial charge in [-0.15, -0.1) is 0 Å². The first-order valence-electron chi connectivity index (χ1n) is 13.7. The number of nitrogens with zero attached hydrogens (tertiary/aromatic N) is 1. The fourth-order valence-electron chi connectivity index (χ4n) is 5.07. The summed E-state index contributed by atoms with van der Waals surface area (Å²) in [5.41, 5.74) is 4.17. The van der Waals surface area contributed by atoms with Crippen LogP contribution in [-0.4, -0.2) is 35.4 Å². The van der Waals surface area contributed by atoms with Gasteiger partial charge in [-0.1, -0.05) is 71.0 Å². The van der Waals surface area contributed by atoms with E-state index in [2.05, 4.69) is 20.8 Å². The molecule has 1 unspecified atom stereocenters. The highest BCUT2D eigenvalue weighted by atomic mass is 16.5. The second-order valence-corrected chi connectivity index (χ2v) is 11.5. The number of ether oxygens (including phenoxy) is 2. The first-order chi connectivity index (χ1) is 19.0. The summed E-state index contributed by atoms with van der Waals surface area (Å²) >= 11 is 0. The van der Waals surface area contributed by atoms with Crippen LogP contribution in [0.3, 0.4) is 0 Å². The Balaban J connectivity index is 1.86. The van der Waals surface area contributed by atoms with E-state index in [0.29, 0.717) is 17.9 Å². The van der Waals surface area contributed by atoms with Crippen LogP contribution < -0.4 is 9.47 Å². The number of rotatable bonds is 8. The van der Waals surface area contributed by atoms with E-state index < -0.39 is 17.7 Å². The molecule has 1 atom stereocenters. The molecule has 0 spiro atoms. The van der Waals surface area contributed by atoms with Crippen molar-refractivity contribution < 1.29 is 24.2 Å². The van der Waals surface area contributed by atoms with Crippen molar-refractivity contribution in [1.82, 2.24) is 4.90 Å². The van der Waals surface area contributed by atoms with Gasteiger partial charge in [0.1, 0.15) is 17.3 Å². The molecule has 0 radical (unpaired) electrons. The van der Waals surface area contributed by atoms with E-state index in [1.165, 1.54) is 0 Å². The summed E-state index contributed by atoms with van der Waals surface area (Å²) in [7, 11) is 1.60. The Morgan fingerprint density at radius 2 is 1.62 bits per heavy atom. The third kappa shape index (κ3) is 5.76. The quantitative estimate of drug-likeness (QED) is 0.186. The van der Waals surface area contributed by atoms with Crippen molar-refractivity contribution in [2.45, 2.75) is 65.5 Å². The molecule has 0 saturated carbocycles. The van der Waals surface area contributed by atoms with E-state index in [-0.39, 0.29) is 29.2 Å². The lowest BCUT2D eigenvalue weighted by atomic mass is 9.85. The summed E-state index contributed by atoms with van der Waals surface area (Å²) < 4.78 is 11.1. The Hall–Kier alpha value is -4.06. The number of aliphatic hydroxyl groups excluding tert-OH is 1. The zero-order chi connectivity index (χ0) is 29.2. The molecule has 1 N–H and O–H groups in total. The van der Waals surface area contributed by atoms with E-state index in [1.807, 2.05) is 81.4 Å². The van der Waals surface area contributed by atoms with Gasteiger partial charge >= 0.3 is 0 Å². The van der Waals surface area contributed by atoms with Crippen molar-refractivity contribution >= 4 is 17.4 Å². The smallest absolute Gasteiger partial charge is 0.295 e. The van der Waals surface area contributed by atoms with Gasteiger partial charge in [-0.25, -0.2) is 0 Å². The van der Waals surface area contributed by atoms with Crippen LogP contribution in [0.5, 0.6) is 11.5 Å². The van der Waals surface area contributed by atoms with Crippen LogP contribution in [0.2, 0.25) is 0 Å². The van der Waals surface area contributed by atoms with Gasteiger partial charge in [-0.2, -0.15) is 0 Å². The number of likely N-dealkylation sites (tertiary alicyclic amines) is 1. The average molecular weight is 542 g/mol. The van der Waals surface area contributed by atoms with Gasteiger partial charge in [0.05, 0.1) is 25.3 Å². The molecule has 6 heteroatoms. The number of methoxy groups -OCH3 is 1. The fourth-order valence-corrected chi connectivity index (χ4v) is 5.07. The van der Waals surface area contributed by atoms with Crippen molar-refractivity contribution in [2.24, 2.45) is 0 Å². The van der Waals surface area contributed by atoms with Crippen LogP contribution in [0, 0.1) is 0 Å². The zero-order valence-corrected chi connectivity index (χ0v) is 24.4. The molecule has 40 heavy (non-hydrogen) atoms. The summed E-state index contributed by atoms with van der Waals surface area (Å²) in [5, 5.41) is 11.6. The Morgan fingerprint density at radius 3 is 2.17 bits per heavy atom. The van der Waals surface area contributed by atoms with E-state index in [4.69, 9.17) is 9.47 Å². The van der Waals surface area contributed by atoms with E-state index in [1.54, 1.807) is 18.1 Å².